The van der Waals surface area contributed by atoms with Gasteiger partial charge < -0.3 is 9.47 Å². The van der Waals surface area contributed by atoms with E-state index in [9.17, 15) is 14.9 Å². The molecule has 1 heterocycles. The molecule has 0 bridgehead atoms. The highest BCUT2D eigenvalue weighted by Gasteiger charge is 2.13. The molecule has 0 N–H and O–H groups in total. The summed E-state index contributed by atoms with van der Waals surface area (Å²) in [6.07, 6.45) is 2.50. The Morgan fingerprint density at radius 1 is 1.33 bits per heavy atom. The summed E-state index contributed by atoms with van der Waals surface area (Å²) in [5.74, 6) is -0.453. The summed E-state index contributed by atoms with van der Waals surface area (Å²) in [5, 5.41) is 10.8. The van der Waals surface area contributed by atoms with Crippen molar-refractivity contribution in [3.05, 3.63) is 50.9 Å². The van der Waals surface area contributed by atoms with Gasteiger partial charge in [-0.15, -0.1) is 0 Å². The molecule has 21 heavy (non-hydrogen) atoms. The van der Waals surface area contributed by atoms with Crippen molar-refractivity contribution in [1.29, 1.82) is 0 Å². The third-order valence-electron chi connectivity index (χ3n) is 2.30. The number of esters is 1. The zero-order valence-electron chi connectivity index (χ0n) is 10.6. The van der Waals surface area contributed by atoms with Gasteiger partial charge >= 0.3 is 5.97 Å². The number of halogens is 1. The van der Waals surface area contributed by atoms with Crippen molar-refractivity contribution in [2.45, 2.75) is 0 Å². The Morgan fingerprint density at radius 2 is 2.10 bits per heavy atom. The molecule has 0 aliphatic rings. The van der Waals surface area contributed by atoms with Crippen molar-refractivity contribution in [3.63, 3.8) is 0 Å². The van der Waals surface area contributed by atoms with Crippen molar-refractivity contribution in [3.8, 4) is 11.6 Å². The van der Waals surface area contributed by atoms with E-state index in [1.807, 2.05) is 0 Å². The van der Waals surface area contributed by atoms with E-state index < -0.39 is 10.9 Å². The van der Waals surface area contributed by atoms with Crippen LogP contribution in [0.25, 0.3) is 0 Å². The molecule has 0 spiro atoms. The number of nitro groups is 1. The molecule has 108 valence electrons. The summed E-state index contributed by atoms with van der Waals surface area (Å²) in [7, 11) is 1.22. The predicted octanol–water partition coefficient (Wildman–Crippen LogP) is 2.73. The van der Waals surface area contributed by atoms with Crippen LogP contribution in [0.15, 0.2) is 35.1 Å². The summed E-state index contributed by atoms with van der Waals surface area (Å²) >= 11 is 3.15. The van der Waals surface area contributed by atoms with E-state index in [1.54, 1.807) is 0 Å². The summed E-state index contributed by atoms with van der Waals surface area (Å²) in [5.41, 5.74) is -0.170. The van der Waals surface area contributed by atoms with E-state index in [0.29, 0.717) is 4.47 Å². The van der Waals surface area contributed by atoms with Gasteiger partial charge in [-0.05, 0) is 6.07 Å². The fraction of sp³-hybridized carbons (Fsp3) is 0.0833. The number of rotatable bonds is 4. The van der Waals surface area contributed by atoms with E-state index in [-0.39, 0.29) is 23.0 Å². The van der Waals surface area contributed by atoms with Crippen LogP contribution in [-0.4, -0.2) is 28.0 Å². The molecule has 8 nitrogen and oxygen atoms in total. The molecule has 0 aliphatic carbocycles. The topological polar surface area (TPSA) is 104 Å². The molecule has 0 aliphatic heterocycles. The lowest BCUT2D eigenvalue weighted by Crippen LogP contribution is -2.05. The molecule has 0 fully saturated rings. The smallest absolute Gasteiger partial charge is 0.358 e. The van der Waals surface area contributed by atoms with Crippen molar-refractivity contribution in [2.24, 2.45) is 0 Å². The number of benzene rings is 1. The molecular weight excluding hydrogens is 346 g/mol. The number of carbonyl (C=O) groups is 1. The lowest BCUT2D eigenvalue weighted by Gasteiger charge is -2.06. The number of non-ortho nitro benzene ring substituents is 1. The fourth-order valence-corrected chi connectivity index (χ4v) is 1.89. The molecule has 2 aromatic rings. The Bertz CT molecular complexity index is 707. The maximum Gasteiger partial charge on any atom is 0.358 e. The number of methoxy groups -OCH3 is 1. The van der Waals surface area contributed by atoms with Crippen LogP contribution in [0, 0.1) is 10.1 Å². The first kappa shape index (κ1) is 14.9. The summed E-state index contributed by atoms with van der Waals surface area (Å²) in [4.78, 5) is 29.3. The van der Waals surface area contributed by atoms with Gasteiger partial charge in [0.1, 0.15) is 5.75 Å². The minimum absolute atomic E-state index is 0.0188. The maximum atomic E-state index is 11.3. The third-order valence-corrected chi connectivity index (χ3v) is 2.75. The van der Waals surface area contributed by atoms with Crippen molar-refractivity contribution in [2.75, 3.05) is 7.11 Å². The highest BCUT2D eigenvalue weighted by Crippen LogP contribution is 2.28. The van der Waals surface area contributed by atoms with Gasteiger partial charge in [-0.2, -0.15) is 0 Å². The fourth-order valence-electron chi connectivity index (χ4n) is 1.43. The predicted molar refractivity (Wildman–Crippen MR) is 74.2 cm³/mol. The lowest BCUT2D eigenvalue weighted by molar-refractivity contribution is -0.385. The van der Waals surface area contributed by atoms with Crippen LogP contribution in [-0.2, 0) is 4.74 Å². The average Bonchev–Trinajstić information content (AvgIpc) is 2.46. The molecule has 0 amide bonds. The van der Waals surface area contributed by atoms with E-state index in [2.05, 4.69) is 30.6 Å². The minimum Gasteiger partial charge on any atom is -0.464 e. The maximum absolute atomic E-state index is 11.3. The highest BCUT2D eigenvalue weighted by molar-refractivity contribution is 9.10. The van der Waals surface area contributed by atoms with Crippen LogP contribution in [0.5, 0.6) is 11.6 Å². The molecule has 1 aromatic carbocycles. The quantitative estimate of drug-likeness (QED) is 0.472. The van der Waals surface area contributed by atoms with Crippen LogP contribution >= 0.6 is 15.9 Å². The molecule has 0 atom stereocenters. The molecule has 2 rings (SSSR count). The number of hydrogen-bond acceptors (Lipinski definition) is 7. The van der Waals surface area contributed by atoms with E-state index in [0.717, 1.165) is 0 Å². The average molecular weight is 354 g/mol. The van der Waals surface area contributed by atoms with Crippen molar-refractivity contribution >= 4 is 27.6 Å². The van der Waals surface area contributed by atoms with Gasteiger partial charge in [-0.25, -0.2) is 9.78 Å². The van der Waals surface area contributed by atoms with E-state index >= 15 is 0 Å². The number of ether oxygens (including phenoxy) is 2. The summed E-state index contributed by atoms with van der Waals surface area (Å²) < 4.78 is 10.4. The van der Waals surface area contributed by atoms with E-state index in [4.69, 9.17) is 4.74 Å². The Labute approximate surface area is 127 Å². The first-order chi connectivity index (χ1) is 9.99. The SMILES string of the molecule is COC(=O)c1cncc(Oc2cc(Br)cc([N+](=O)[O-])c2)n1. The van der Waals surface area contributed by atoms with Crippen LogP contribution < -0.4 is 4.74 Å². The number of hydrogen-bond donors (Lipinski definition) is 0. The molecule has 9 heteroatoms. The van der Waals surface area contributed by atoms with Crippen molar-refractivity contribution in [1.82, 2.24) is 9.97 Å². The zero-order valence-corrected chi connectivity index (χ0v) is 12.2. The second-order valence-electron chi connectivity index (χ2n) is 3.74. The third kappa shape index (κ3) is 3.72. The van der Waals surface area contributed by atoms with Gasteiger partial charge in [0.05, 0.1) is 30.5 Å². The van der Waals surface area contributed by atoms with Gasteiger partial charge in [0.2, 0.25) is 5.88 Å². The molecule has 1 aromatic heterocycles. The van der Waals surface area contributed by atoms with Gasteiger partial charge in [0.15, 0.2) is 5.69 Å². The van der Waals surface area contributed by atoms with Gasteiger partial charge in [0, 0.05) is 10.5 Å². The van der Waals surface area contributed by atoms with Gasteiger partial charge in [-0.3, -0.25) is 15.1 Å². The second kappa shape index (κ2) is 6.27. The minimum atomic E-state index is -0.659. The molecular formula is C12H8BrN3O5. The van der Waals surface area contributed by atoms with Crippen LogP contribution in [0.2, 0.25) is 0 Å². The monoisotopic (exact) mass is 353 g/mol. The number of nitro benzene ring substituents is 1. The van der Waals surface area contributed by atoms with Crippen molar-refractivity contribution < 1.29 is 19.2 Å². The largest absolute Gasteiger partial charge is 0.464 e. The van der Waals surface area contributed by atoms with Crippen LogP contribution in [0.4, 0.5) is 5.69 Å². The van der Waals surface area contributed by atoms with Gasteiger partial charge in [0.25, 0.3) is 5.69 Å². The van der Waals surface area contributed by atoms with Crippen LogP contribution in [0.3, 0.4) is 0 Å². The number of aromatic nitrogens is 2. The molecule has 0 radical (unpaired) electrons. The first-order valence-corrected chi connectivity index (χ1v) is 6.32. The molecule has 0 saturated carbocycles. The lowest BCUT2D eigenvalue weighted by atomic mass is 10.3. The Kier molecular flexibility index (Phi) is 4.43. The Hall–Kier alpha value is -2.55. The van der Waals surface area contributed by atoms with Crippen LogP contribution in [0.1, 0.15) is 10.5 Å². The Morgan fingerprint density at radius 3 is 2.76 bits per heavy atom. The Balaban J connectivity index is 2.30. The highest BCUT2D eigenvalue weighted by atomic mass is 79.9. The number of nitrogens with zero attached hydrogens (tertiary/aromatic N) is 3. The zero-order chi connectivity index (χ0) is 15.4. The number of carbonyl (C=O) groups excluding carboxylic acids is 1. The first-order valence-electron chi connectivity index (χ1n) is 5.53. The summed E-state index contributed by atoms with van der Waals surface area (Å²) in [6.45, 7) is 0. The van der Waals surface area contributed by atoms with E-state index in [1.165, 1.54) is 37.7 Å². The molecule has 0 unspecified atom stereocenters. The standard InChI is InChI=1S/C12H8BrN3O5/c1-20-12(17)10-5-14-6-11(15-10)21-9-3-7(13)2-8(4-9)16(18)19/h2-6H,1H3. The second-order valence-corrected chi connectivity index (χ2v) is 4.65. The summed E-state index contributed by atoms with van der Waals surface area (Å²) in [6, 6.07) is 4.10. The van der Waals surface area contributed by atoms with Gasteiger partial charge in [-0.1, -0.05) is 15.9 Å². The normalized spacial score (nSPS) is 10.0. The molecule has 0 saturated heterocycles.